The smallest absolute Gasteiger partial charge is 0.319 e. The lowest BCUT2D eigenvalue weighted by molar-refractivity contribution is -0.118. The fourth-order valence-corrected chi connectivity index (χ4v) is 3.06. The standard InChI is InChI=1S/C25H27N3O3/c1-18(2)26-25(30)28-22-14-8-7-13-21(22)27-24(29)17-31-23-15-9-6-12-20(23)16-19-10-4-3-5-11-19/h3-15,18H,16-17H2,1-2H3,(H,27,29)(H2,26,28,30). The van der Waals surface area contributed by atoms with Crippen molar-refractivity contribution in [3.63, 3.8) is 0 Å². The normalized spacial score (nSPS) is 10.4. The molecule has 6 heteroatoms. The summed E-state index contributed by atoms with van der Waals surface area (Å²) < 4.78 is 5.81. The van der Waals surface area contributed by atoms with Crippen LogP contribution in [-0.2, 0) is 11.2 Å². The van der Waals surface area contributed by atoms with E-state index in [1.165, 1.54) is 5.56 Å². The van der Waals surface area contributed by atoms with Crippen LogP contribution < -0.4 is 20.7 Å². The van der Waals surface area contributed by atoms with E-state index in [1.54, 1.807) is 24.3 Å². The molecule has 0 aliphatic carbocycles. The van der Waals surface area contributed by atoms with Gasteiger partial charge in [0.1, 0.15) is 5.75 Å². The number of hydrogen-bond donors (Lipinski definition) is 3. The summed E-state index contributed by atoms with van der Waals surface area (Å²) in [4.78, 5) is 24.5. The second-order valence-corrected chi connectivity index (χ2v) is 7.41. The molecule has 0 unspecified atom stereocenters. The molecule has 160 valence electrons. The summed E-state index contributed by atoms with van der Waals surface area (Å²) in [5.74, 6) is 0.359. The molecule has 0 saturated carbocycles. The monoisotopic (exact) mass is 417 g/mol. The Bertz CT molecular complexity index is 1020. The minimum Gasteiger partial charge on any atom is -0.483 e. The van der Waals surface area contributed by atoms with Crippen molar-refractivity contribution in [1.82, 2.24) is 5.32 Å². The number of benzene rings is 3. The van der Waals surface area contributed by atoms with E-state index in [4.69, 9.17) is 4.74 Å². The summed E-state index contributed by atoms with van der Waals surface area (Å²) in [7, 11) is 0. The number of nitrogens with one attached hydrogen (secondary N) is 3. The van der Waals surface area contributed by atoms with Gasteiger partial charge in [0.15, 0.2) is 6.61 Å². The molecule has 0 fully saturated rings. The molecule has 0 aliphatic heterocycles. The van der Waals surface area contributed by atoms with Gasteiger partial charge in [-0.25, -0.2) is 4.79 Å². The number of carbonyl (C=O) groups is 2. The zero-order chi connectivity index (χ0) is 22.1. The summed E-state index contributed by atoms with van der Waals surface area (Å²) in [5.41, 5.74) is 3.20. The summed E-state index contributed by atoms with van der Waals surface area (Å²) in [6.45, 7) is 3.61. The Morgan fingerprint density at radius 2 is 1.42 bits per heavy atom. The minimum atomic E-state index is -0.331. The molecule has 0 radical (unpaired) electrons. The van der Waals surface area contributed by atoms with Gasteiger partial charge in [-0.15, -0.1) is 0 Å². The van der Waals surface area contributed by atoms with E-state index >= 15 is 0 Å². The van der Waals surface area contributed by atoms with E-state index < -0.39 is 0 Å². The number of amides is 3. The van der Waals surface area contributed by atoms with Gasteiger partial charge >= 0.3 is 6.03 Å². The Balaban J connectivity index is 1.61. The molecule has 0 heterocycles. The molecular formula is C25H27N3O3. The number of ether oxygens (including phenoxy) is 1. The zero-order valence-electron chi connectivity index (χ0n) is 17.7. The van der Waals surface area contributed by atoms with Gasteiger partial charge in [0.25, 0.3) is 5.91 Å². The largest absolute Gasteiger partial charge is 0.483 e. The van der Waals surface area contributed by atoms with Crippen LogP contribution in [0.25, 0.3) is 0 Å². The van der Waals surface area contributed by atoms with Crippen LogP contribution in [0.15, 0.2) is 78.9 Å². The van der Waals surface area contributed by atoms with Gasteiger partial charge in [0.2, 0.25) is 0 Å². The van der Waals surface area contributed by atoms with E-state index in [2.05, 4.69) is 28.1 Å². The molecule has 3 N–H and O–H groups in total. The molecule has 3 rings (SSSR count). The molecule has 0 spiro atoms. The van der Waals surface area contributed by atoms with Crippen LogP contribution in [0.3, 0.4) is 0 Å². The lowest BCUT2D eigenvalue weighted by Crippen LogP contribution is -2.34. The van der Waals surface area contributed by atoms with E-state index in [0.717, 1.165) is 12.0 Å². The molecule has 3 amide bonds. The average Bonchev–Trinajstić information content (AvgIpc) is 2.75. The Morgan fingerprint density at radius 1 is 0.806 bits per heavy atom. The number of rotatable bonds is 8. The summed E-state index contributed by atoms with van der Waals surface area (Å²) in [6, 6.07) is 24.5. The molecule has 3 aromatic carbocycles. The maximum absolute atomic E-state index is 12.5. The average molecular weight is 418 g/mol. The van der Waals surface area contributed by atoms with E-state index in [9.17, 15) is 9.59 Å². The van der Waals surface area contributed by atoms with Gasteiger partial charge in [0, 0.05) is 12.5 Å². The first kappa shape index (κ1) is 21.9. The number of para-hydroxylation sites is 3. The van der Waals surface area contributed by atoms with Crippen LogP contribution in [0.2, 0.25) is 0 Å². The van der Waals surface area contributed by atoms with Gasteiger partial charge < -0.3 is 20.7 Å². The van der Waals surface area contributed by atoms with E-state index in [1.807, 2.05) is 56.3 Å². The topological polar surface area (TPSA) is 79.5 Å². The van der Waals surface area contributed by atoms with Gasteiger partial charge in [-0.3, -0.25) is 4.79 Å². The first-order valence-electron chi connectivity index (χ1n) is 10.2. The first-order chi connectivity index (χ1) is 15.0. The molecule has 6 nitrogen and oxygen atoms in total. The number of hydrogen-bond acceptors (Lipinski definition) is 3. The lowest BCUT2D eigenvalue weighted by atomic mass is 10.0. The maximum atomic E-state index is 12.5. The highest BCUT2D eigenvalue weighted by Gasteiger charge is 2.11. The fraction of sp³-hybridized carbons (Fsp3) is 0.200. The molecule has 0 saturated heterocycles. The van der Waals surface area contributed by atoms with Crippen molar-refractivity contribution >= 4 is 23.3 Å². The van der Waals surface area contributed by atoms with Crippen molar-refractivity contribution < 1.29 is 14.3 Å². The third kappa shape index (κ3) is 6.89. The zero-order valence-corrected chi connectivity index (χ0v) is 17.7. The highest BCUT2D eigenvalue weighted by Crippen LogP contribution is 2.23. The Morgan fingerprint density at radius 3 is 2.13 bits per heavy atom. The summed E-state index contributed by atoms with van der Waals surface area (Å²) in [5, 5.41) is 8.31. The summed E-state index contributed by atoms with van der Waals surface area (Å²) in [6.07, 6.45) is 0.719. The third-order valence-corrected chi connectivity index (χ3v) is 4.44. The van der Waals surface area contributed by atoms with Crippen LogP contribution in [0.5, 0.6) is 5.75 Å². The number of anilines is 2. The lowest BCUT2D eigenvalue weighted by Gasteiger charge is -2.15. The summed E-state index contributed by atoms with van der Waals surface area (Å²) >= 11 is 0. The maximum Gasteiger partial charge on any atom is 0.319 e. The van der Waals surface area contributed by atoms with E-state index in [0.29, 0.717) is 17.1 Å². The molecule has 31 heavy (non-hydrogen) atoms. The van der Waals surface area contributed by atoms with Crippen LogP contribution in [0.1, 0.15) is 25.0 Å². The second-order valence-electron chi connectivity index (χ2n) is 7.41. The quantitative estimate of drug-likeness (QED) is 0.491. The molecule has 0 atom stereocenters. The van der Waals surface area contributed by atoms with Gasteiger partial charge in [-0.05, 0) is 43.2 Å². The SMILES string of the molecule is CC(C)NC(=O)Nc1ccccc1NC(=O)COc1ccccc1Cc1ccccc1. The fourth-order valence-electron chi connectivity index (χ4n) is 3.06. The van der Waals surface area contributed by atoms with Crippen LogP contribution >= 0.6 is 0 Å². The Kier molecular flexibility index (Phi) is 7.65. The van der Waals surface area contributed by atoms with Crippen molar-refractivity contribution in [3.05, 3.63) is 90.0 Å². The highest BCUT2D eigenvalue weighted by molar-refractivity contribution is 5.99. The highest BCUT2D eigenvalue weighted by atomic mass is 16.5. The van der Waals surface area contributed by atoms with Gasteiger partial charge in [-0.2, -0.15) is 0 Å². The van der Waals surface area contributed by atoms with Crippen molar-refractivity contribution in [2.24, 2.45) is 0 Å². The van der Waals surface area contributed by atoms with Crippen molar-refractivity contribution in [1.29, 1.82) is 0 Å². The molecule has 3 aromatic rings. The van der Waals surface area contributed by atoms with Crippen LogP contribution in [-0.4, -0.2) is 24.6 Å². The predicted molar refractivity (Wildman–Crippen MR) is 124 cm³/mol. The predicted octanol–water partition coefficient (Wildman–Crippen LogP) is 4.82. The van der Waals surface area contributed by atoms with Crippen LogP contribution in [0.4, 0.5) is 16.2 Å². The third-order valence-electron chi connectivity index (χ3n) is 4.44. The molecule has 0 aromatic heterocycles. The number of carbonyl (C=O) groups excluding carboxylic acids is 2. The van der Waals surface area contributed by atoms with E-state index in [-0.39, 0.29) is 24.6 Å². The Hall–Kier alpha value is -3.80. The minimum absolute atomic E-state index is 0.00566. The second kappa shape index (κ2) is 10.8. The molecular weight excluding hydrogens is 390 g/mol. The van der Waals surface area contributed by atoms with Crippen molar-refractivity contribution in [2.45, 2.75) is 26.3 Å². The number of urea groups is 1. The van der Waals surface area contributed by atoms with Crippen molar-refractivity contribution in [2.75, 3.05) is 17.2 Å². The van der Waals surface area contributed by atoms with Gasteiger partial charge in [-0.1, -0.05) is 60.7 Å². The molecule has 0 aliphatic rings. The van der Waals surface area contributed by atoms with Gasteiger partial charge in [0.05, 0.1) is 11.4 Å². The van der Waals surface area contributed by atoms with Crippen LogP contribution in [0, 0.1) is 0 Å². The van der Waals surface area contributed by atoms with Crippen molar-refractivity contribution in [3.8, 4) is 5.75 Å². The Labute approximate surface area is 182 Å². The first-order valence-corrected chi connectivity index (χ1v) is 10.2. The molecule has 0 bridgehead atoms.